The zero-order valence-corrected chi connectivity index (χ0v) is 9.70. The first-order valence-electron chi connectivity index (χ1n) is 5.10. The highest BCUT2D eigenvalue weighted by molar-refractivity contribution is 5.84. The lowest BCUT2D eigenvalue weighted by molar-refractivity contribution is -0.143. The summed E-state index contributed by atoms with van der Waals surface area (Å²) in [6.45, 7) is 7.51. The summed E-state index contributed by atoms with van der Waals surface area (Å²) in [5.41, 5.74) is 0. The van der Waals surface area contributed by atoms with Gasteiger partial charge < -0.3 is 15.7 Å². The van der Waals surface area contributed by atoms with Gasteiger partial charge in [-0.2, -0.15) is 0 Å². The third-order valence-corrected chi connectivity index (χ3v) is 1.92. The molecule has 1 amide bonds. The van der Waals surface area contributed by atoms with Gasteiger partial charge in [-0.15, -0.1) is 0 Å². The molecule has 0 heterocycles. The van der Waals surface area contributed by atoms with Gasteiger partial charge in [0.25, 0.3) is 0 Å². The molecule has 0 radical (unpaired) electrons. The van der Waals surface area contributed by atoms with Crippen LogP contribution in [0.1, 0.15) is 27.7 Å². The number of rotatable bonds is 6. The van der Waals surface area contributed by atoms with Crippen LogP contribution < -0.4 is 10.6 Å². The number of nitrogens with one attached hydrogen (secondary N) is 2. The summed E-state index contributed by atoms with van der Waals surface area (Å²) in [5, 5.41) is 14.2. The molecule has 5 heteroatoms. The Labute approximate surface area is 90.2 Å². The molecule has 0 aromatic rings. The summed E-state index contributed by atoms with van der Waals surface area (Å²) in [4.78, 5) is 22.1. The largest absolute Gasteiger partial charge is 0.480 e. The van der Waals surface area contributed by atoms with Crippen molar-refractivity contribution in [2.45, 2.75) is 39.8 Å². The van der Waals surface area contributed by atoms with Gasteiger partial charge in [-0.3, -0.25) is 4.79 Å². The van der Waals surface area contributed by atoms with Crippen LogP contribution in [0.4, 0.5) is 0 Å². The normalized spacial score (nSPS) is 12.9. The maximum absolute atomic E-state index is 11.3. The Morgan fingerprint density at radius 2 is 1.73 bits per heavy atom. The van der Waals surface area contributed by atoms with Gasteiger partial charge in [0.2, 0.25) is 5.91 Å². The van der Waals surface area contributed by atoms with Crippen LogP contribution in [-0.2, 0) is 9.59 Å². The monoisotopic (exact) mass is 216 g/mol. The van der Waals surface area contributed by atoms with Gasteiger partial charge in [-0.05, 0) is 5.92 Å². The van der Waals surface area contributed by atoms with E-state index in [1.807, 2.05) is 13.8 Å². The lowest BCUT2D eigenvalue weighted by Crippen LogP contribution is -2.48. The second kappa shape index (κ2) is 6.40. The smallest absolute Gasteiger partial charge is 0.326 e. The molecule has 3 N–H and O–H groups in total. The van der Waals surface area contributed by atoms with E-state index in [-0.39, 0.29) is 24.4 Å². The SMILES string of the molecule is CC(C)NCC(=O)N[C@H](C(=O)O)C(C)C. The van der Waals surface area contributed by atoms with Gasteiger partial charge in [-0.1, -0.05) is 27.7 Å². The molecule has 0 unspecified atom stereocenters. The summed E-state index contributed by atoms with van der Waals surface area (Å²) in [7, 11) is 0. The van der Waals surface area contributed by atoms with Crippen LogP contribution >= 0.6 is 0 Å². The molecule has 5 nitrogen and oxygen atoms in total. The van der Waals surface area contributed by atoms with E-state index in [2.05, 4.69) is 10.6 Å². The number of carboxylic acids is 1. The Morgan fingerprint density at radius 3 is 2.07 bits per heavy atom. The first-order valence-corrected chi connectivity index (χ1v) is 5.10. The molecule has 0 saturated heterocycles. The molecular weight excluding hydrogens is 196 g/mol. The fourth-order valence-electron chi connectivity index (χ4n) is 1.03. The van der Waals surface area contributed by atoms with Crippen LogP contribution in [0.3, 0.4) is 0 Å². The van der Waals surface area contributed by atoms with Gasteiger partial charge >= 0.3 is 5.97 Å². The number of hydrogen-bond donors (Lipinski definition) is 3. The average Bonchev–Trinajstić information content (AvgIpc) is 2.09. The molecule has 15 heavy (non-hydrogen) atoms. The maximum atomic E-state index is 11.3. The van der Waals surface area contributed by atoms with Crippen molar-refractivity contribution in [3.63, 3.8) is 0 Å². The quantitative estimate of drug-likeness (QED) is 0.593. The van der Waals surface area contributed by atoms with E-state index in [0.717, 1.165) is 0 Å². The maximum Gasteiger partial charge on any atom is 0.326 e. The molecule has 0 aliphatic carbocycles. The fourth-order valence-corrected chi connectivity index (χ4v) is 1.03. The van der Waals surface area contributed by atoms with Crippen molar-refractivity contribution >= 4 is 11.9 Å². The zero-order valence-electron chi connectivity index (χ0n) is 9.70. The number of hydrogen-bond acceptors (Lipinski definition) is 3. The Bertz CT molecular complexity index is 227. The van der Waals surface area contributed by atoms with Crippen LogP contribution in [0, 0.1) is 5.92 Å². The predicted molar refractivity (Wildman–Crippen MR) is 57.5 cm³/mol. The summed E-state index contributed by atoms with van der Waals surface area (Å²) in [6, 6.07) is -0.607. The van der Waals surface area contributed by atoms with E-state index in [4.69, 9.17) is 5.11 Å². The highest BCUT2D eigenvalue weighted by Crippen LogP contribution is 2.01. The van der Waals surface area contributed by atoms with E-state index in [1.165, 1.54) is 0 Å². The summed E-state index contributed by atoms with van der Waals surface area (Å²) < 4.78 is 0. The number of aliphatic carboxylic acids is 1. The Hall–Kier alpha value is -1.10. The highest BCUT2D eigenvalue weighted by Gasteiger charge is 2.22. The molecule has 0 aliphatic heterocycles. The highest BCUT2D eigenvalue weighted by atomic mass is 16.4. The Balaban J connectivity index is 4.07. The second-order valence-electron chi connectivity index (χ2n) is 4.16. The molecule has 0 aromatic carbocycles. The van der Waals surface area contributed by atoms with Gasteiger partial charge in [0.05, 0.1) is 6.54 Å². The summed E-state index contributed by atoms with van der Waals surface area (Å²) >= 11 is 0. The molecular formula is C10H20N2O3. The van der Waals surface area contributed by atoms with Crippen LogP contribution in [0.25, 0.3) is 0 Å². The second-order valence-corrected chi connectivity index (χ2v) is 4.16. The molecule has 0 aliphatic rings. The van der Waals surface area contributed by atoms with Gasteiger partial charge in [0, 0.05) is 6.04 Å². The van der Waals surface area contributed by atoms with Gasteiger partial charge in [0.1, 0.15) is 6.04 Å². The molecule has 0 saturated carbocycles. The topological polar surface area (TPSA) is 78.4 Å². The predicted octanol–water partition coefficient (Wildman–Crippen LogP) is 0.210. The van der Waals surface area contributed by atoms with E-state index in [9.17, 15) is 9.59 Å². The van der Waals surface area contributed by atoms with Crippen molar-refractivity contribution < 1.29 is 14.7 Å². The zero-order chi connectivity index (χ0) is 12.0. The van der Waals surface area contributed by atoms with Crippen LogP contribution in [0.2, 0.25) is 0 Å². The minimum Gasteiger partial charge on any atom is -0.480 e. The number of carbonyl (C=O) groups excluding carboxylic acids is 1. The van der Waals surface area contributed by atoms with Crippen molar-refractivity contribution in [2.75, 3.05) is 6.54 Å². The van der Waals surface area contributed by atoms with Crippen molar-refractivity contribution in [3.8, 4) is 0 Å². The summed E-state index contributed by atoms with van der Waals surface area (Å²) in [6.07, 6.45) is 0. The van der Waals surface area contributed by atoms with Crippen molar-refractivity contribution in [1.82, 2.24) is 10.6 Å². The number of amides is 1. The Morgan fingerprint density at radius 1 is 1.20 bits per heavy atom. The van der Waals surface area contributed by atoms with Gasteiger partial charge in [0.15, 0.2) is 0 Å². The first-order chi connectivity index (χ1) is 6.84. The van der Waals surface area contributed by atoms with Crippen molar-refractivity contribution in [2.24, 2.45) is 5.92 Å². The molecule has 88 valence electrons. The van der Waals surface area contributed by atoms with E-state index in [1.54, 1.807) is 13.8 Å². The van der Waals surface area contributed by atoms with Gasteiger partial charge in [-0.25, -0.2) is 4.79 Å². The van der Waals surface area contributed by atoms with Crippen molar-refractivity contribution in [3.05, 3.63) is 0 Å². The molecule has 0 aromatic heterocycles. The molecule has 0 fully saturated rings. The third kappa shape index (κ3) is 6.06. The average molecular weight is 216 g/mol. The van der Waals surface area contributed by atoms with E-state index < -0.39 is 12.0 Å². The number of carboxylic acid groups (broad SMARTS) is 1. The first kappa shape index (κ1) is 13.9. The molecule has 1 atom stereocenters. The number of carbonyl (C=O) groups is 2. The van der Waals surface area contributed by atoms with Crippen LogP contribution in [-0.4, -0.2) is 35.6 Å². The fraction of sp³-hybridized carbons (Fsp3) is 0.800. The standard InChI is InChI=1S/C10H20N2O3/c1-6(2)9(10(14)15)12-8(13)5-11-7(3)4/h6-7,9,11H,5H2,1-4H3,(H,12,13)(H,14,15)/t9-/m0/s1. The minimum atomic E-state index is -0.997. The van der Waals surface area contributed by atoms with E-state index >= 15 is 0 Å². The van der Waals surface area contributed by atoms with E-state index in [0.29, 0.717) is 0 Å². The van der Waals surface area contributed by atoms with Crippen LogP contribution in [0.5, 0.6) is 0 Å². The lowest BCUT2D eigenvalue weighted by atomic mass is 10.1. The summed E-state index contributed by atoms with van der Waals surface area (Å²) in [5.74, 6) is -1.40. The Kier molecular flexibility index (Phi) is 5.93. The molecule has 0 spiro atoms. The lowest BCUT2D eigenvalue weighted by Gasteiger charge is -2.18. The van der Waals surface area contributed by atoms with Crippen molar-refractivity contribution in [1.29, 1.82) is 0 Å². The molecule has 0 bridgehead atoms. The molecule has 0 rings (SSSR count). The minimum absolute atomic E-state index is 0.120. The van der Waals surface area contributed by atoms with Crippen LogP contribution in [0.15, 0.2) is 0 Å². The third-order valence-electron chi connectivity index (χ3n) is 1.92.